The number of benzene rings is 3. The number of fused-ring (bicyclic) bond motifs is 2. The predicted molar refractivity (Wildman–Crippen MR) is 166 cm³/mol. The lowest BCUT2D eigenvalue weighted by atomic mass is 10.0. The van der Waals surface area contributed by atoms with Gasteiger partial charge in [0, 0.05) is 53.6 Å². The first-order chi connectivity index (χ1) is 20.4. The van der Waals surface area contributed by atoms with Gasteiger partial charge in [0.25, 0.3) is 5.91 Å². The van der Waals surface area contributed by atoms with Gasteiger partial charge in [-0.25, -0.2) is 22.8 Å². The molecule has 12 heteroatoms. The second-order valence-corrected chi connectivity index (χ2v) is 12.2. The number of furan rings is 1. The molecule has 0 saturated carbocycles. The largest absolute Gasteiger partial charge is 0.455 e. The van der Waals surface area contributed by atoms with E-state index >= 15 is 0 Å². The van der Waals surface area contributed by atoms with E-state index in [2.05, 4.69) is 15.3 Å². The Morgan fingerprint density at radius 2 is 1.79 bits per heavy atom. The van der Waals surface area contributed by atoms with Crippen LogP contribution in [0.15, 0.2) is 71.1 Å². The van der Waals surface area contributed by atoms with Crippen LogP contribution < -0.4 is 15.4 Å². The van der Waals surface area contributed by atoms with E-state index in [1.165, 1.54) is 26.2 Å². The number of nitrogens with zero attached hydrogens (tertiary/aromatic N) is 3. The molecule has 0 bridgehead atoms. The number of nitrogen functional groups attached to an aromatic ring is 1. The van der Waals surface area contributed by atoms with Gasteiger partial charge in [0.05, 0.1) is 28.9 Å². The van der Waals surface area contributed by atoms with Crippen molar-refractivity contribution in [1.29, 1.82) is 0 Å². The lowest BCUT2D eigenvalue weighted by molar-refractivity contribution is 0.0964. The van der Waals surface area contributed by atoms with E-state index in [0.717, 1.165) is 16.1 Å². The van der Waals surface area contributed by atoms with E-state index in [9.17, 15) is 17.6 Å². The van der Waals surface area contributed by atoms with E-state index in [-0.39, 0.29) is 28.5 Å². The normalized spacial score (nSPS) is 11.7. The van der Waals surface area contributed by atoms with Gasteiger partial charge in [-0.3, -0.25) is 9.10 Å². The Labute approximate surface area is 246 Å². The van der Waals surface area contributed by atoms with Crippen molar-refractivity contribution in [2.75, 3.05) is 30.4 Å². The van der Waals surface area contributed by atoms with Crippen molar-refractivity contribution in [3.8, 4) is 34.1 Å². The number of hydrogen-bond donors (Lipinski definition) is 3. The van der Waals surface area contributed by atoms with Crippen LogP contribution in [-0.2, 0) is 10.0 Å². The van der Waals surface area contributed by atoms with Crippen LogP contribution in [-0.4, -0.2) is 49.6 Å². The summed E-state index contributed by atoms with van der Waals surface area (Å²) in [6.07, 6.45) is 1.07. The van der Waals surface area contributed by atoms with Crippen molar-refractivity contribution in [1.82, 2.24) is 20.3 Å². The Kier molecular flexibility index (Phi) is 6.65. The van der Waals surface area contributed by atoms with E-state index in [4.69, 9.17) is 15.1 Å². The zero-order chi connectivity index (χ0) is 30.6. The predicted octanol–water partition coefficient (Wildman–Crippen LogP) is 5.49. The first-order valence-corrected chi connectivity index (χ1v) is 15.1. The summed E-state index contributed by atoms with van der Waals surface area (Å²) in [5.74, 6) is -0.253. The molecule has 0 spiro atoms. The van der Waals surface area contributed by atoms with E-state index in [1.807, 2.05) is 31.2 Å². The van der Waals surface area contributed by atoms with Crippen LogP contribution in [0, 0.1) is 12.7 Å². The first kappa shape index (κ1) is 27.9. The van der Waals surface area contributed by atoms with Crippen LogP contribution in [0.25, 0.3) is 56.0 Å². The second kappa shape index (κ2) is 10.2. The van der Waals surface area contributed by atoms with Gasteiger partial charge in [-0.1, -0.05) is 35.9 Å². The van der Waals surface area contributed by atoms with Gasteiger partial charge in [0.1, 0.15) is 23.0 Å². The van der Waals surface area contributed by atoms with E-state index < -0.39 is 21.7 Å². The van der Waals surface area contributed by atoms with Crippen molar-refractivity contribution in [3.05, 3.63) is 83.7 Å². The van der Waals surface area contributed by atoms with Gasteiger partial charge in [-0.2, -0.15) is 0 Å². The van der Waals surface area contributed by atoms with Gasteiger partial charge >= 0.3 is 0 Å². The third-order valence-electron chi connectivity index (χ3n) is 7.28. The molecule has 3 aromatic carbocycles. The molecule has 6 rings (SSSR count). The Morgan fingerprint density at radius 3 is 2.47 bits per heavy atom. The first-order valence-electron chi connectivity index (χ1n) is 13.2. The lowest BCUT2D eigenvalue weighted by Crippen LogP contribution is -2.25. The topological polar surface area (TPSA) is 147 Å². The zero-order valence-electron chi connectivity index (χ0n) is 23.7. The molecule has 0 atom stereocenters. The number of amides is 1. The van der Waals surface area contributed by atoms with Crippen molar-refractivity contribution >= 4 is 49.3 Å². The molecular weight excluding hydrogens is 571 g/mol. The molecular formula is C31H27FN6O4S. The number of rotatable bonds is 6. The summed E-state index contributed by atoms with van der Waals surface area (Å²) in [4.78, 5) is 25.5. The molecule has 3 heterocycles. The monoisotopic (exact) mass is 598 g/mol. The molecule has 0 unspecified atom stereocenters. The van der Waals surface area contributed by atoms with E-state index in [1.54, 1.807) is 30.3 Å². The minimum absolute atomic E-state index is 0.0995. The van der Waals surface area contributed by atoms with Crippen molar-refractivity contribution in [2.24, 2.45) is 0 Å². The summed E-state index contributed by atoms with van der Waals surface area (Å²) in [7, 11) is -0.836. The molecule has 0 aliphatic rings. The molecule has 4 N–H and O–H groups in total. The number of nitrogens with two attached hydrogens (primary N) is 1. The van der Waals surface area contributed by atoms with Crippen LogP contribution >= 0.6 is 0 Å². The molecule has 218 valence electrons. The van der Waals surface area contributed by atoms with Gasteiger partial charge < -0.3 is 20.5 Å². The van der Waals surface area contributed by atoms with Crippen LogP contribution in [0.3, 0.4) is 0 Å². The molecule has 43 heavy (non-hydrogen) atoms. The average Bonchev–Trinajstić information content (AvgIpc) is 3.58. The lowest BCUT2D eigenvalue weighted by Gasteiger charge is -2.20. The summed E-state index contributed by atoms with van der Waals surface area (Å²) in [5, 5.41) is 3.48. The van der Waals surface area contributed by atoms with Crippen LogP contribution in [0.1, 0.15) is 15.9 Å². The number of sulfonamides is 1. The standard InChI is InChI=1S/C31H27FN6O4S/c1-16-8-10-17(11-9-16)29-28(31(39)34-2)20-12-19(25(15-26(20)42-29)38(3)43(4,40)41)30-36-24(14-27(33)37-30)23-13-18-21(32)6-5-7-22(18)35-23/h5-15,35H,1-4H3,(H,34,39)(H2,33,36,37). The molecule has 6 aromatic rings. The summed E-state index contributed by atoms with van der Waals surface area (Å²) in [6.45, 7) is 1.95. The number of aromatic nitrogens is 3. The Balaban J connectivity index is 1.63. The molecule has 0 aliphatic heterocycles. The number of anilines is 2. The van der Waals surface area contributed by atoms with Gasteiger partial charge in [0.2, 0.25) is 10.0 Å². The summed E-state index contributed by atoms with van der Waals surface area (Å²) in [6, 6.07) is 18.5. The number of aromatic amines is 1. The maximum absolute atomic E-state index is 14.4. The second-order valence-electron chi connectivity index (χ2n) is 10.2. The van der Waals surface area contributed by atoms with Gasteiger partial charge in [0.15, 0.2) is 5.82 Å². The summed E-state index contributed by atoms with van der Waals surface area (Å²) >= 11 is 0. The highest BCUT2D eigenvalue weighted by Crippen LogP contribution is 2.41. The molecule has 1 amide bonds. The molecule has 0 fully saturated rings. The number of carbonyl (C=O) groups is 1. The maximum atomic E-state index is 14.4. The fourth-order valence-corrected chi connectivity index (χ4v) is 5.50. The average molecular weight is 599 g/mol. The number of H-pyrrole nitrogens is 1. The molecule has 0 aliphatic carbocycles. The fraction of sp³-hybridized carbons (Fsp3) is 0.129. The van der Waals surface area contributed by atoms with Crippen molar-refractivity contribution in [2.45, 2.75) is 6.92 Å². The minimum atomic E-state index is -3.75. The molecule has 10 nitrogen and oxygen atoms in total. The van der Waals surface area contributed by atoms with Crippen LogP contribution in [0.2, 0.25) is 0 Å². The highest BCUT2D eigenvalue weighted by molar-refractivity contribution is 7.92. The minimum Gasteiger partial charge on any atom is -0.455 e. The number of nitrogens with one attached hydrogen (secondary N) is 2. The van der Waals surface area contributed by atoms with Gasteiger partial charge in [-0.05, 0) is 31.2 Å². The van der Waals surface area contributed by atoms with Gasteiger partial charge in [-0.15, -0.1) is 0 Å². The number of hydrogen-bond acceptors (Lipinski definition) is 7. The zero-order valence-corrected chi connectivity index (χ0v) is 24.5. The maximum Gasteiger partial charge on any atom is 0.255 e. The van der Waals surface area contributed by atoms with E-state index in [0.29, 0.717) is 44.6 Å². The number of carbonyl (C=O) groups excluding carboxylic acids is 1. The molecule has 3 aromatic heterocycles. The highest BCUT2D eigenvalue weighted by atomic mass is 32.2. The smallest absolute Gasteiger partial charge is 0.255 e. The Hall–Kier alpha value is -5.23. The quantitative estimate of drug-likeness (QED) is 0.230. The fourth-order valence-electron chi connectivity index (χ4n) is 4.99. The van der Waals surface area contributed by atoms with Crippen molar-refractivity contribution < 1.29 is 22.0 Å². The Morgan fingerprint density at radius 1 is 1.05 bits per heavy atom. The third-order valence-corrected chi connectivity index (χ3v) is 8.48. The number of aryl methyl sites for hydroxylation is 1. The number of halogens is 1. The summed E-state index contributed by atoms with van der Waals surface area (Å²) < 4.78 is 47.2. The van der Waals surface area contributed by atoms with Crippen LogP contribution in [0.4, 0.5) is 15.9 Å². The Bertz CT molecular complexity index is 2170. The van der Waals surface area contributed by atoms with Crippen LogP contribution in [0.5, 0.6) is 0 Å². The third kappa shape index (κ3) is 4.95. The SMILES string of the molecule is CNC(=O)c1c(-c2ccc(C)cc2)oc2cc(N(C)S(C)(=O)=O)c(-c3nc(N)cc(-c4cc5c(F)cccc5[nH]4)n3)cc12. The molecule has 0 radical (unpaired) electrons. The highest BCUT2D eigenvalue weighted by Gasteiger charge is 2.27. The van der Waals surface area contributed by atoms with Crippen molar-refractivity contribution in [3.63, 3.8) is 0 Å². The molecule has 0 saturated heterocycles. The summed E-state index contributed by atoms with van der Waals surface area (Å²) in [5.41, 5.74) is 10.4.